The van der Waals surface area contributed by atoms with E-state index in [9.17, 15) is 4.79 Å². The summed E-state index contributed by atoms with van der Waals surface area (Å²) >= 11 is 5.19. The number of hydrazine groups is 1. The molecule has 1 aromatic heterocycles. The number of amides is 1. The van der Waals surface area contributed by atoms with E-state index in [1.54, 1.807) is 4.68 Å². The SMILES string of the molecule is Cc1ccc([C@H]2C[C@H]2C(=O)NNC(=S)Nc2cn(C)nc2C)cc1. The van der Waals surface area contributed by atoms with Crippen molar-refractivity contribution in [3.05, 3.63) is 47.3 Å². The number of carbonyl (C=O) groups excluding carboxylic acids is 1. The first kappa shape index (κ1) is 16.4. The van der Waals surface area contributed by atoms with E-state index in [2.05, 4.69) is 52.5 Å². The molecule has 1 saturated carbocycles. The number of aromatic nitrogens is 2. The van der Waals surface area contributed by atoms with Crippen LogP contribution in [0.25, 0.3) is 0 Å². The minimum atomic E-state index is -0.0346. The molecule has 0 unspecified atom stereocenters. The van der Waals surface area contributed by atoms with Crippen LogP contribution in [0.3, 0.4) is 0 Å². The lowest BCUT2D eigenvalue weighted by atomic mass is 10.1. The van der Waals surface area contributed by atoms with Crippen LogP contribution in [-0.2, 0) is 11.8 Å². The molecule has 0 saturated heterocycles. The summed E-state index contributed by atoms with van der Waals surface area (Å²) < 4.78 is 1.70. The quantitative estimate of drug-likeness (QED) is 0.588. The maximum absolute atomic E-state index is 12.2. The summed E-state index contributed by atoms with van der Waals surface area (Å²) in [6.07, 6.45) is 2.71. The van der Waals surface area contributed by atoms with Crippen molar-refractivity contribution in [3.63, 3.8) is 0 Å². The first-order valence-corrected chi connectivity index (χ1v) is 8.28. The Morgan fingerprint density at radius 1 is 1.25 bits per heavy atom. The van der Waals surface area contributed by atoms with Gasteiger partial charge in [-0.2, -0.15) is 5.10 Å². The van der Waals surface area contributed by atoms with E-state index in [1.807, 2.05) is 20.2 Å². The Morgan fingerprint density at radius 2 is 1.96 bits per heavy atom. The third kappa shape index (κ3) is 3.73. The summed E-state index contributed by atoms with van der Waals surface area (Å²) in [5.41, 5.74) is 9.53. The zero-order chi connectivity index (χ0) is 17.3. The fourth-order valence-electron chi connectivity index (χ4n) is 2.75. The van der Waals surface area contributed by atoms with Gasteiger partial charge in [-0.3, -0.25) is 20.3 Å². The predicted octanol–water partition coefficient (Wildman–Crippen LogP) is 2.16. The number of carbonyl (C=O) groups is 1. The Kier molecular flexibility index (Phi) is 4.53. The van der Waals surface area contributed by atoms with Crippen LogP contribution in [0.1, 0.15) is 29.2 Å². The highest BCUT2D eigenvalue weighted by Gasteiger charge is 2.43. The van der Waals surface area contributed by atoms with Crippen LogP contribution in [0.2, 0.25) is 0 Å². The predicted molar refractivity (Wildman–Crippen MR) is 97.5 cm³/mol. The summed E-state index contributed by atoms with van der Waals surface area (Å²) in [5.74, 6) is 0.269. The van der Waals surface area contributed by atoms with Crippen molar-refractivity contribution < 1.29 is 4.79 Å². The Hall–Kier alpha value is -2.41. The monoisotopic (exact) mass is 343 g/mol. The Labute approximate surface area is 146 Å². The number of hydrogen-bond donors (Lipinski definition) is 3. The molecule has 7 heteroatoms. The third-order valence-corrected chi connectivity index (χ3v) is 4.40. The van der Waals surface area contributed by atoms with Crippen LogP contribution in [0.15, 0.2) is 30.5 Å². The van der Waals surface area contributed by atoms with Gasteiger partial charge in [-0.25, -0.2) is 0 Å². The van der Waals surface area contributed by atoms with Crippen LogP contribution in [0, 0.1) is 19.8 Å². The maximum Gasteiger partial charge on any atom is 0.242 e. The second kappa shape index (κ2) is 6.60. The molecule has 0 radical (unpaired) electrons. The van der Waals surface area contributed by atoms with Gasteiger partial charge in [-0.15, -0.1) is 0 Å². The highest BCUT2D eigenvalue weighted by Crippen LogP contribution is 2.47. The van der Waals surface area contributed by atoms with Crippen LogP contribution < -0.4 is 16.2 Å². The van der Waals surface area contributed by atoms with Gasteiger partial charge in [-0.1, -0.05) is 29.8 Å². The van der Waals surface area contributed by atoms with E-state index in [1.165, 1.54) is 11.1 Å². The zero-order valence-corrected chi connectivity index (χ0v) is 14.8. The number of benzene rings is 1. The van der Waals surface area contributed by atoms with E-state index >= 15 is 0 Å². The molecule has 2 aromatic rings. The minimum Gasteiger partial charge on any atom is -0.329 e. The smallest absolute Gasteiger partial charge is 0.242 e. The van der Waals surface area contributed by atoms with Gasteiger partial charge in [0.2, 0.25) is 5.91 Å². The lowest BCUT2D eigenvalue weighted by Gasteiger charge is -2.11. The van der Waals surface area contributed by atoms with E-state index in [4.69, 9.17) is 12.2 Å². The molecule has 1 aromatic carbocycles. The molecule has 126 valence electrons. The van der Waals surface area contributed by atoms with Crippen molar-refractivity contribution in [2.75, 3.05) is 5.32 Å². The van der Waals surface area contributed by atoms with Gasteiger partial charge < -0.3 is 5.32 Å². The number of rotatable bonds is 3. The van der Waals surface area contributed by atoms with E-state index in [-0.39, 0.29) is 11.8 Å². The molecule has 1 aliphatic rings. The van der Waals surface area contributed by atoms with Crippen LogP contribution in [0.4, 0.5) is 5.69 Å². The molecule has 3 rings (SSSR count). The normalized spacial score (nSPS) is 18.8. The van der Waals surface area contributed by atoms with E-state index in [0.717, 1.165) is 17.8 Å². The van der Waals surface area contributed by atoms with Gasteiger partial charge in [0.05, 0.1) is 11.4 Å². The summed E-state index contributed by atoms with van der Waals surface area (Å²) in [7, 11) is 1.84. The Bertz CT molecular complexity index is 768. The number of hydrogen-bond acceptors (Lipinski definition) is 3. The minimum absolute atomic E-state index is 0.00290. The van der Waals surface area contributed by atoms with Crippen molar-refractivity contribution in [2.24, 2.45) is 13.0 Å². The van der Waals surface area contributed by atoms with Crippen LogP contribution in [0.5, 0.6) is 0 Å². The van der Waals surface area contributed by atoms with Gasteiger partial charge >= 0.3 is 0 Å². The molecule has 2 atom stereocenters. The van der Waals surface area contributed by atoms with Crippen molar-refractivity contribution in [1.29, 1.82) is 0 Å². The molecule has 0 bridgehead atoms. The second-order valence-corrected chi connectivity index (χ2v) is 6.64. The van der Waals surface area contributed by atoms with Crippen molar-refractivity contribution >= 4 is 28.9 Å². The number of aryl methyl sites for hydroxylation is 3. The standard InChI is InChI=1S/C17H21N5OS/c1-10-4-6-12(7-5-10)13-8-14(13)16(23)19-20-17(24)18-15-9-22(3)21-11(15)2/h4-7,9,13-14H,8H2,1-3H3,(H,19,23)(H2,18,20,24)/t13-,14-/m1/s1. The van der Waals surface area contributed by atoms with Gasteiger partial charge in [-0.05, 0) is 44.0 Å². The summed E-state index contributed by atoms with van der Waals surface area (Å²) in [6.45, 7) is 3.95. The highest BCUT2D eigenvalue weighted by molar-refractivity contribution is 7.80. The molecule has 1 fully saturated rings. The number of thiocarbonyl (C=S) groups is 1. The zero-order valence-electron chi connectivity index (χ0n) is 14.0. The number of nitrogens with one attached hydrogen (secondary N) is 3. The molecule has 1 aliphatic carbocycles. The molecule has 0 aliphatic heterocycles. The van der Waals surface area contributed by atoms with Gasteiger partial charge in [0.15, 0.2) is 5.11 Å². The Balaban J connectivity index is 1.47. The molecule has 6 nitrogen and oxygen atoms in total. The largest absolute Gasteiger partial charge is 0.329 e. The average Bonchev–Trinajstić information content (AvgIpc) is 3.27. The molecular formula is C17H21N5OS. The van der Waals surface area contributed by atoms with E-state index < -0.39 is 0 Å². The highest BCUT2D eigenvalue weighted by atomic mass is 32.1. The maximum atomic E-state index is 12.2. The second-order valence-electron chi connectivity index (χ2n) is 6.23. The summed E-state index contributed by atoms with van der Waals surface area (Å²) in [4.78, 5) is 12.2. The average molecular weight is 343 g/mol. The molecule has 0 spiro atoms. The summed E-state index contributed by atoms with van der Waals surface area (Å²) in [6, 6.07) is 8.35. The Morgan fingerprint density at radius 3 is 2.58 bits per heavy atom. The topological polar surface area (TPSA) is 71.0 Å². The van der Waals surface area contributed by atoms with Crippen molar-refractivity contribution in [2.45, 2.75) is 26.2 Å². The molecule has 1 amide bonds. The van der Waals surface area contributed by atoms with Gasteiger partial charge in [0.1, 0.15) is 0 Å². The fraction of sp³-hybridized carbons (Fsp3) is 0.353. The molecular weight excluding hydrogens is 322 g/mol. The van der Waals surface area contributed by atoms with Crippen LogP contribution >= 0.6 is 12.2 Å². The van der Waals surface area contributed by atoms with Crippen molar-refractivity contribution in [3.8, 4) is 0 Å². The van der Waals surface area contributed by atoms with E-state index in [0.29, 0.717) is 11.0 Å². The van der Waals surface area contributed by atoms with Crippen LogP contribution in [-0.4, -0.2) is 20.8 Å². The molecule has 1 heterocycles. The van der Waals surface area contributed by atoms with Crippen molar-refractivity contribution in [1.82, 2.24) is 20.6 Å². The lowest BCUT2D eigenvalue weighted by molar-refractivity contribution is -0.122. The molecule has 24 heavy (non-hydrogen) atoms. The van der Waals surface area contributed by atoms with Gasteiger partial charge in [0.25, 0.3) is 0 Å². The summed E-state index contributed by atoms with van der Waals surface area (Å²) in [5, 5.41) is 7.58. The third-order valence-electron chi connectivity index (χ3n) is 4.19. The van der Waals surface area contributed by atoms with Gasteiger partial charge in [0, 0.05) is 19.2 Å². The first-order valence-electron chi connectivity index (χ1n) is 7.87. The number of anilines is 1. The molecule has 3 N–H and O–H groups in total. The first-order chi connectivity index (χ1) is 11.4. The number of nitrogens with zero attached hydrogens (tertiary/aromatic N) is 2. The fourth-order valence-corrected chi connectivity index (χ4v) is 2.91. The lowest BCUT2D eigenvalue weighted by Crippen LogP contribution is -2.44.